The maximum absolute atomic E-state index is 12.7. The topological polar surface area (TPSA) is 73.0 Å². The Hall–Kier alpha value is -0.870. The van der Waals surface area contributed by atoms with Gasteiger partial charge in [0.15, 0.2) is 0 Å². The lowest BCUT2D eigenvalue weighted by Gasteiger charge is -2.38. The number of sulfonamides is 1. The van der Waals surface area contributed by atoms with Gasteiger partial charge in [0.25, 0.3) is 0 Å². The number of amides is 2. The Morgan fingerprint density at radius 3 is 2.00 bits per heavy atom. The van der Waals surface area contributed by atoms with Crippen LogP contribution in [0.15, 0.2) is 33.6 Å². The molecule has 2 aliphatic heterocycles. The summed E-state index contributed by atoms with van der Waals surface area (Å²) in [7, 11) is -3.50. The Bertz CT molecular complexity index is 687. The van der Waals surface area contributed by atoms with Crippen LogP contribution in [0.3, 0.4) is 0 Å². The molecule has 0 atom stereocenters. The first-order valence-electron chi connectivity index (χ1n) is 7.99. The number of urea groups is 1. The Balaban J connectivity index is 0.00000225. The molecule has 0 bridgehead atoms. The maximum atomic E-state index is 12.7. The maximum Gasteiger partial charge on any atom is 0.320 e. The van der Waals surface area contributed by atoms with E-state index in [1.54, 1.807) is 29.2 Å². The van der Waals surface area contributed by atoms with Crippen molar-refractivity contribution >= 4 is 32.0 Å². The van der Waals surface area contributed by atoms with Crippen molar-refractivity contribution in [1.82, 2.24) is 19.4 Å². The van der Waals surface area contributed by atoms with Crippen molar-refractivity contribution in [2.24, 2.45) is 0 Å². The number of nitrogens with one attached hydrogen (secondary N) is 1. The Morgan fingerprint density at radius 1 is 0.920 bits per heavy atom. The zero-order valence-corrected chi connectivity index (χ0v) is 16.9. The molecule has 25 heavy (non-hydrogen) atoms. The lowest BCUT2D eigenvalue weighted by molar-refractivity contribution is -0.0000110. The van der Waals surface area contributed by atoms with Gasteiger partial charge in [-0.3, -0.25) is 0 Å². The number of halogens is 2. The molecule has 0 unspecified atom stereocenters. The number of piperazine rings is 2. The largest absolute Gasteiger partial charge is 1.00 e. The van der Waals surface area contributed by atoms with E-state index in [0.717, 1.165) is 17.6 Å². The van der Waals surface area contributed by atoms with Gasteiger partial charge in [0.05, 0.1) is 4.90 Å². The van der Waals surface area contributed by atoms with E-state index in [9.17, 15) is 13.2 Å². The second kappa shape index (κ2) is 8.68. The van der Waals surface area contributed by atoms with Gasteiger partial charge in [0, 0.05) is 56.8 Å². The molecule has 0 aromatic heterocycles. The molecule has 7 nitrogen and oxygen atoms in total. The van der Waals surface area contributed by atoms with Crippen molar-refractivity contribution in [3.05, 3.63) is 28.7 Å². The Labute approximate surface area is 162 Å². The molecule has 0 radical (unpaired) electrons. The predicted molar refractivity (Wildman–Crippen MR) is 94.3 cm³/mol. The molecular weight excluding hydrogens is 432 g/mol. The summed E-state index contributed by atoms with van der Waals surface area (Å²) in [5, 5.41) is 3.22. The van der Waals surface area contributed by atoms with Crippen LogP contribution in [0.2, 0.25) is 0 Å². The lowest BCUT2D eigenvalue weighted by atomic mass is 10.3. The van der Waals surface area contributed by atoms with Crippen LogP contribution in [0.4, 0.5) is 4.79 Å². The van der Waals surface area contributed by atoms with Crippen LogP contribution in [-0.4, -0.2) is 80.9 Å². The number of nitrogens with zero attached hydrogens (tertiary/aromatic N) is 3. The van der Waals surface area contributed by atoms with Crippen LogP contribution < -0.4 is 17.7 Å². The summed E-state index contributed by atoms with van der Waals surface area (Å²) in [6.45, 7) is 4.54. The molecule has 0 spiro atoms. The van der Waals surface area contributed by atoms with Crippen molar-refractivity contribution in [1.29, 1.82) is 0 Å². The SMILES string of the molecule is O=C(N1CCNCC1)N1CCN(S(=O)(=O)c2ccc(Br)cc2)CC1.[Cl-]. The number of rotatable bonds is 2. The van der Waals surface area contributed by atoms with Crippen LogP contribution in [0.5, 0.6) is 0 Å². The second-order valence-corrected chi connectivity index (χ2v) is 8.72. The molecule has 140 valence electrons. The highest BCUT2D eigenvalue weighted by Crippen LogP contribution is 2.20. The molecule has 3 rings (SSSR count). The standard InChI is InChI=1S/C15H21BrN4O3S.ClH/c16-13-1-3-14(4-2-13)24(22,23)20-11-9-19(10-12-20)15(21)18-7-5-17-6-8-18;/h1-4,17H,5-12H2;1H/p-1. The van der Waals surface area contributed by atoms with E-state index in [1.807, 2.05) is 4.90 Å². The van der Waals surface area contributed by atoms with Crippen LogP contribution >= 0.6 is 15.9 Å². The fraction of sp³-hybridized carbons (Fsp3) is 0.533. The molecule has 2 saturated heterocycles. The predicted octanol–water partition coefficient (Wildman–Crippen LogP) is -2.22. The van der Waals surface area contributed by atoms with Gasteiger partial charge in [0.1, 0.15) is 0 Å². The molecule has 1 N–H and O–H groups in total. The van der Waals surface area contributed by atoms with Crippen molar-refractivity contribution in [2.75, 3.05) is 52.4 Å². The van der Waals surface area contributed by atoms with E-state index in [2.05, 4.69) is 21.2 Å². The fourth-order valence-electron chi connectivity index (χ4n) is 2.93. The van der Waals surface area contributed by atoms with E-state index < -0.39 is 10.0 Å². The summed E-state index contributed by atoms with van der Waals surface area (Å²) in [5.41, 5.74) is 0. The van der Waals surface area contributed by atoms with E-state index in [1.165, 1.54) is 4.31 Å². The average Bonchev–Trinajstić information content (AvgIpc) is 2.62. The normalized spacial score (nSPS) is 19.4. The lowest BCUT2D eigenvalue weighted by Crippen LogP contribution is -3.00. The molecule has 0 saturated carbocycles. The first kappa shape index (κ1) is 20.4. The van der Waals surface area contributed by atoms with Crippen LogP contribution in [-0.2, 0) is 10.0 Å². The van der Waals surface area contributed by atoms with Gasteiger partial charge in [-0.25, -0.2) is 13.2 Å². The number of carbonyl (C=O) groups excluding carboxylic acids is 1. The molecule has 2 fully saturated rings. The quantitative estimate of drug-likeness (QED) is 0.552. The van der Waals surface area contributed by atoms with Gasteiger partial charge in [0.2, 0.25) is 10.0 Å². The summed E-state index contributed by atoms with van der Waals surface area (Å²) in [4.78, 5) is 16.3. The molecule has 0 aliphatic carbocycles. The molecule has 10 heteroatoms. The molecule has 1 aromatic rings. The van der Waals surface area contributed by atoms with Crippen LogP contribution in [0.25, 0.3) is 0 Å². The highest BCUT2D eigenvalue weighted by Gasteiger charge is 2.31. The molecular formula is C15H21BrClN4O3S-. The molecule has 2 aliphatic rings. The fourth-order valence-corrected chi connectivity index (χ4v) is 4.62. The third kappa shape index (κ3) is 4.65. The van der Waals surface area contributed by atoms with E-state index in [4.69, 9.17) is 0 Å². The summed E-state index contributed by atoms with van der Waals surface area (Å²) in [5.74, 6) is 0. The summed E-state index contributed by atoms with van der Waals surface area (Å²) in [6.07, 6.45) is 0. The minimum Gasteiger partial charge on any atom is -1.00 e. The number of benzene rings is 1. The van der Waals surface area contributed by atoms with Gasteiger partial charge in [-0.15, -0.1) is 0 Å². The van der Waals surface area contributed by atoms with Crippen molar-refractivity contribution < 1.29 is 25.6 Å². The minimum absolute atomic E-state index is 0. The van der Waals surface area contributed by atoms with E-state index in [-0.39, 0.29) is 23.3 Å². The number of hydrogen-bond donors (Lipinski definition) is 1. The Kier molecular flexibility index (Phi) is 7.10. The first-order valence-corrected chi connectivity index (χ1v) is 10.2. The van der Waals surface area contributed by atoms with Crippen LogP contribution in [0.1, 0.15) is 0 Å². The first-order chi connectivity index (χ1) is 11.5. The summed E-state index contributed by atoms with van der Waals surface area (Å²) in [6, 6.07) is 6.64. The zero-order chi connectivity index (χ0) is 17.2. The van der Waals surface area contributed by atoms with Gasteiger partial charge in [-0.05, 0) is 24.3 Å². The third-order valence-electron chi connectivity index (χ3n) is 4.35. The monoisotopic (exact) mass is 451 g/mol. The number of hydrogen-bond acceptors (Lipinski definition) is 4. The smallest absolute Gasteiger partial charge is 0.320 e. The van der Waals surface area contributed by atoms with Gasteiger partial charge < -0.3 is 27.5 Å². The van der Waals surface area contributed by atoms with Gasteiger partial charge >= 0.3 is 6.03 Å². The molecule has 2 amide bonds. The highest BCUT2D eigenvalue weighted by atomic mass is 79.9. The van der Waals surface area contributed by atoms with E-state index >= 15 is 0 Å². The van der Waals surface area contributed by atoms with Crippen molar-refractivity contribution in [3.63, 3.8) is 0 Å². The summed E-state index contributed by atoms with van der Waals surface area (Å²) >= 11 is 3.31. The van der Waals surface area contributed by atoms with Gasteiger partial charge in [-0.1, -0.05) is 15.9 Å². The minimum atomic E-state index is -3.50. The summed E-state index contributed by atoms with van der Waals surface area (Å²) < 4.78 is 27.6. The van der Waals surface area contributed by atoms with Gasteiger partial charge in [-0.2, -0.15) is 4.31 Å². The van der Waals surface area contributed by atoms with Crippen LogP contribution in [0, 0.1) is 0 Å². The average molecular weight is 453 g/mol. The zero-order valence-electron chi connectivity index (χ0n) is 13.7. The molecule has 1 aromatic carbocycles. The third-order valence-corrected chi connectivity index (χ3v) is 6.79. The second-order valence-electron chi connectivity index (χ2n) is 5.86. The van der Waals surface area contributed by atoms with Crippen molar-refractivity contribution in [2.45, 2.75) is 4.90 Å². The number of carbonyl (C=O) groups is 1. The van der Waals surface area contributed by atoms with E-state index in [0.29, 0.717) is 39.3 Å². The molecule has 2 heterocycles. The Morgan fingerprint density at radius 2 is 1.44 bits per heavy atom. The van der Waals surface area contributed by atoms with Crippen molar-refractivity contribution in [3.8, 4) is 0 Å². The highest BCUT2D eigenvalue weighted by molar-refractivity contribution is 9.10.